The van der Waals surface area contributed by atoms with E-state index in [0.29, 0.717) is 19.4 Å². The summed E-state index contributed by atoms with van der Waals surface area (Å²) in [5.74, 6) is 0.130. The van der Waals surface area contributed by atoms with Crippen LogP contribution in [-0.2, 0) is 16.0 Å². The van der Waals surface area contributed by atoms with Gasteiger partial charge in [-0.15, -0.1) is 0 Å². The second kappa shape index (κ2) is 10.6. The van der Waals surface area contributed by atoms with Gasteiger partial charge in [-0.25, -0.2) is 0 Å². The number of rotatable bonds is 11. The van der Waals surface area contributed by atoms with Crippen molar-refractivity contribution in [2.45, 2.75) is 46.0 Å². The summed E-state index contributed by atoms with van der Waals surface area (Å²) in [6.07, 6.45) is 2.94. The SMILES string of the molecule is CCN(CC)C(=O)Cc1cccc(OCCCCCC(=O)O)c1. The van der Waals surface area contributed by atoms with E-state index in [-0.39, 0.29) is 12.3 Å². The van der Waals surface area contributed by atoms with Gasteiger partial charge in [0.05, 0.1) is 13.0 Å². The number of likely N-dealkylation sites (N-methyl/N-ethyl adjacent to an activating group) is 1. The molecular formula is C18H27NO4. The van der Waals surface area contributed by atoms with E-state index in [2.05, 4.69) is 0 Å². The van der Waals surface area contributed by atoms with Crippen molar-refractivity contribution < 1.29 is 19.4 Å². The number of nitrogens with zero attached hydrogens (tertiary/aromatic N) is 1. The fourth-order valence-corrected chi connectivity index (χ4v) is 2.35. The lowest BCUT2D eigenvalue weighted by atomic mass is 10.1. The van der Waals surface area contributed by atoms with Crippen LogP contribution in [0.2, 0.25) is 0 Å². The van der Waals surface area contributed by atoms with Crippen molar-refractivity contribution >= 4 is 11.9 Å². The number of benzene rings is 1. The Bertz CT molecular complexity index is 498. The van der Waals surface area contributed by atoms with Crippen molar-refractivity contribution in [3.05, 3.63) is 29.8 Å². The molecule has 128 valence electrons. The summed E-state index contributed by atoms with van der Waals surface area (Å²) < 4.78 is 5.68. The maximum atomic E-state index is 12.1. The van der Waals surface area contributed by atoms with Gasteiger partial charge in [-0.3, -0.25) is 9.59 Å². The highest BCUT2D eigenvalue weighted by atomic mass is 16.5. The average molecular weight is 321 g/mol. The van der Waals surface area contributed by atoms with Crippen LogP contribution in [0.5, 0.6) is 5.75 Å². The third-order valence-electron chi connectivity index (χ3n) is 3.67. The van der Waals surface area contributed by atoms with Gasteiger partial charge < -0.3 is 14.7 Å². The molecule has 1 aromatic carbocycles. The second-order valence-electron chi connectivity index (χ2n) is 5.44. The summed E-state index contributed by atoms with van der Waals surface area (Å²) in [5.41, 5.74) is 0.949. The van der Waals surface area contributed by atoms with Gasteiger partial charge in [-0.2, -0.15) is 0 Å². The van der Waals surface area contributed by atoms with E-state index in [4.69, 9.17) is 9.84 Å². The summed E-state index contributed by atoms with van der Waals surface area (Å²) in [7, 11) is 0. The average Bonchev–Trinajstić information content (AvgIpc) is 2.52. The van der Waals surface area contributed by atoms with Gasteiger partial charge in [0.25, 0.3) is 0 Å². The lowest BCUT2D eigenvalue weighted by Crippen LogP contribution is -2.31. The molecule has 0 heterocycles. The minimum Gasteiger partial charge on any atom is -0.494 e. The molecule has 0 spiro atoms. The van der Waals surface area contributed by atoms with Crippen LogP contribution < -0.4 is 4.74 Å². The number of carboxylic acid groups (broad SMARTS) is 1. The number of aliphatic carboxylic acids is 1. The van der Waals surface area contributed by atoms with Gasteiger partial charge in [0.15, 0.2) is 0 Å². The zero-order valence-corrected chi connectivity index (χ0v) is 14.1. The standard InChI is InChI=1S/C18H27NO4/c1-3-19(4-2)17(20)14-15-9-8-10-16(13-15)23-12-7-5-6-11-18(21)22/h8-10,13H,3-7,11-12,14H2,1-2H3,(H,21,22). The molecule has 5 nitrogen and oxygen atoms in total. The summed E-state index contributed by atoms with van der Waals surface area (Å²) in [4.78, 5) is 24.3. The van der Waals surface area contributed by atoms with Crippen LogP contribution in [0.15, 0.2) is 24.3 Å². The van der Waals surface area contributed by atoms with Crippen molar-refractivity contribution in [2.24, 2.45) is 0 Å². The molecule has 1 amide bonds. The highest BCUT2D eigenvalue weighted by molar-refractivity contribution is 5.78. The molecule has 0 radical (unpaired) electrons. The minimum absolute atomic E-state index is 0.126. The number of unbranched alkanes of at least 4 members (excludes halogenated alkanes) is 2. The Morgan fingerprint density at radius 2 is 1.87 bits per heavy atom. The summed E-state index contributed by atoms with van der Waals surface area (Å²) >= 11 is 0. The Balaban J connectivity index is 2.38. The number of hydrogen-bond acceptors (Lipinski definition) is 3. The molecule has 1 rings (SSSR count). The topological polar surface area (TPSA) is 66.8 Å². The van der Waals surface area contributed by atoms with Crippen molar-refractivity contribution in [1.29, 1.82) is 0 Å². The Labute approximate surface area is 138 Å². The summed E-state index contributed by atoms with van der Waals surface area (Å²) in [6.45, 7) is 5.97. The van der Waals surface area contributed by atoms with Crippen LogP contribution in [0.3, 0.4) is 0 Å². The Hall–Kier alpha value is -2.04. The molecule has 0 aliphatic rings. The van der Waals surface area contributed by atoms with E-state index >= 15 is 0 Å². The van der Waals surface area contributed by atoms with Gasteiger partial charge >= 0.3 is 5.97 Å². The molecule has 1 N–H and O–H groups in total. The molecule has 0 aliphatic carbocycles. The van der Waals surface area contributed by atoms with Gasteiger partial charge in [-0.05, 0) is 50.8 Å². The van der Waals surface area contributed by atoms with Gasteiger partial charge in [0, 0.05) is 19.5 Å². The second-order valence-corrected chi connectivity index (χ2v) is 5.44. The molecule has 1 aromatic rings. The summed E-state index contributed by atoms with van der Waals surface area (Å²) in [6, 6.07) is 7.60. The normalized spacial score (nSPS) is 10.3. The van der Waals surface area contributed by atoms with Crippen LogP contribution >= 0.6 is 0 Å². The molecule has 0 aliphatic heterocycles. The predicted molar refractivity (Wildman–Crippen MR) is 89.7 cm³/mol. The molecular weight excluding hydrogens is 294 g/mol. The quantitative estimate of drug-likeness (QED) is 0.636. The fraction of sp³-hybridized carbons (Fsp3) is 0.556. The van der Waals surface area contributed by atoms with E-state index in [0.717, 1.165) is 37.2 Å². The first kappa shape index (κ1) is 19.0. The maximum Gasteiger partial charge on any atom is 0.303 e. The van der Waals surface area contributed by atoms with E-state index in [1.807, 2.05) is 43.0 Å². The Morgan fingerprint density at radius 1 is 1.13 bits per heavy atom. The molecule has 0 saturated heterocycles. The number of ether oxygens (including phenoxy) is 1. The van der Waals surface area contributed by atoms with Crippen molar-refractivity contribution in [1.82, 2.24) is 4.90 Å². The first-order valence-corrected chi connectivity index (χ1v) is 8.28. The van der Waals surface area contributed by atoms with Crippen LogP contribution in [0.25, 0.3) is 0 Å². The molecule has 5 heteroatoms. The maximum absolute atomic E-state index is 12.1. The number of amides is 1. The molecule has 0 bridgehead atoms. The van der Waals surface area contributed by atoms with E-state index in [1.165, 1.54) is 0 Å². The number of hydrogen-bond donors (Lipinski definition) is 1. The van der Waals surface area contributed by atoms with E-state index < -0.39 is 5.97 Å². The van der Waals surface area contributed by atoms with Crippen LogP contribution in [-0.4, -0.2) is 41.6 Å². The van der Waals surface area contributed by atoms with Crippen molar-refractivity contribution in [2.75, 3.05) is 19.7 Å². The number of carboxylic acids is 1. The molecule has 0 atom stereocenters. The van der Waals surface area contributed by atoms with Gasteiger partial charge in [-0.1, -0.05) is 12.1 Å². The number of carbonyl (C=O) groups excluding carboxylic acids is 1. The minimum atomic E-state index is -0.753. The van der Waals surface area contributed by atoms with E-state index in [9.17, 15) is 9.59 Å². The molecule has 0 fully saturated rings. The molecule has 0 aromatic heterocycles. The largest absolute Gasteiger partial charge is 0.494 e. The lowest BCUT2D eigenvalue weighted by molar-refractivity contribution is -0.137. The van der Waals surface area contributed by atoms with Crippen LogP contribution in [0, 0.1) is 0 Å². The monoisotopic (exact) mass is 321 g/mol. The highest BCUT2D eigenvalue weighted by Crippen LogP contribution is 2.15. The first-order chi connectivity index (χ1) is 11.1. The third kappa shape index (κ3) is 7.68. The lowest BCUT2D eigenvalue weighted by Gasteiger charge is -2.18. The van der Waals surface area contributed by atoms with Gasteiger partial charge in [0.1, 0.15) is 5.75 Å². The van der Waals surface area contributed by atoms with Crippen LogP contribution in [0.1, 0.15) is 45.1 Å². The van der Waals surface area contributed by atoms with E-state index in [1.54, 1.807) is 0 Å². The predicted octanol–water partition coefficient (Wildman–Crippen LogP) is 3.12. The van der Waals surface area contributed by atoms with Crippen LogP contribution in [0.4, 0.5) is 0 Å². The van der Waals surface area contributed by atoms with Crippen molar-refractivity contribution in [3.8, 4) is 5.75 Å². The zero-order chi connectivity index (χ0) is 17.1. The van der Waals surface area contributed by atoms with Crippen molar-refractivity contribution in [3.63, 3.8) is 0 Å². The Morgan fingerprint density at radius 3 is 2.52 bits per heavy atom. The molecule has 0 saturated carbocycles. The third-order valence-corrected chi connectivity index (χ3v) is 3.67. The smallest absolute Gasteiger partial charge is 0.303 e. The molecule has 23 heavy (non-hydrogen) atoms. The fourth-order valence-electron chi connectivity index (χ4n) is 2.35. The van der Waals surface area contributed by atoms with Gasteiger partial charge in [0.2, 0.25) is 5.91 Å². The highest BCUT2D eigenvalue weighted by Gasteiger charge is 2.10. The first-order valence-electron chi connectivity index (χ1n) is 8.28. The summed E-state index contributed by atoms with van der Waals surface area (Å²) in [5, 5.41) is 8.56. The Kier molecular flexibility index (Phi) is 8.80. The molecule has 0 unspecified atom stereocenters. The number of carbonyl (C=O) groups is 2. The zero-order valence-electron chi connectivity index (χ0n) is 14.1.